The topological polar surface area (TPSA) is 12.4 Å². The van der Waals surface area contributed by atoms with Crippen molar-refractivity contribution in [2.24, 2.45) is 3.50 Å². The van der Waals surface area contributed by atoms with Crippen LogP contribution in [0, 0.1) is 0 Å². The quantitative estimate of drug-likeness (QED) is 0.764. The molecule has 0 radical (unpaired) electrons. The standard InChI is InChI=1S/C12H17N.W/c1-8(2)10-6-5-7-11(9(3)4)12(10)13;/h5-9H,1-4H3;. The second-order valence-electron chi connectivity index (χ2n) is 4.19. The molecule has 1 nitrogen and oxygen atoms in total. The Kier molecular flexibility index (Phi) is 4.19. The average Bonchev–Trinajstić information content (AvgIpc) is 2.16. The monoisotopic (exact) mass is 359 g/mol. The second kappa shape index (κ2) is 4.98. The summed E-state index contributed by atoms with van der Waals surface area (Å²) in [6.07, 6.45) is 0. The van der Waals surface area contributed by atoms with E-state index in [-0.39, 0.29) is 0 Å². The molecule has 0 bridgehead atoms. The van der Waals surface area contributed by atoms with Crippen molar-refractivity contribution in [3.8, 4) is 0 Å². The van der Waals surface area contributed by atoms with Crippen LogP contribution in [0.25, 0.3) is 0 Å². The molecule has 1 aromatic carbocycles. The summed E-state index contributed by atoms with van der Waals surface area (Å²) in [5.41, 5.74) is 3.99. The van der Waals surface area contributed by atoms with Crippen LogP contribution in [0.1, 0.15) is 50.7 Å². The predicted molar refractivity (Wildman–Crippen MR) is 56.7 cm³/mol. The van der Waals surface area contributed by atoms with Crippen LogP contribution in [0.3, 0.4) is 0 Å². The molecule has 76 valence electrons. The fourth-order valence-corrected chi connectivity index (χ4v) is 2.37. The van der Waals surface area contributed by atoms with Crippen LogP contribution in [-0.4, -0.2) is 0 Å². The third kappa shape index (κ3) is 2.39. The van der Waals surface area contributed by atoms with E-state index in [0.717, 1.165) is 0 Å². The van der Waals surface area contributed by atoms with Crippen molar-refractivity contribution in [1.29, 1.82) is 0 Å². The van der Waals surface area contributed by atoms with Gasteiger partial charge < -0.3 is 0 Å². The first kappa shape index (κ1) is 11.8. The normalized spacial score (nSPS) is 11.0. The number of hydrogen-bond acceptors (Lipinski definition) is 1. The van der Waals surface area contributed by atoms with Gasteiger partial charge in [0.2, 0.25) is 0 Å². The Balaban J connectivity index is 3.32. The molecular weight excluding hydrogens is 342 g/mol. The maximum absolute atomic E-state index is 4.50. The van der Waals surface area contributed by atoms with E-state index < -0.39 is 0 Å². The Morgan fingerprint density at radius 3 is 1.71 bits per heavy atom. The molecule has 0 aliphatic heterocycles. The van der Waals surface area contributed by atoms with Gasteiger partial charge in [-0.15, -0.1) is 0 Å². The van der Waals surface area contributed by atoms with Gasteiger partial charge in [0.25, 0.3) is 0 Å². The predicted octanol–water partition coefficient (Wildman–Crippen LogP) is 4.30. The van der Waals surface area contributed by atoms with Gasteiger partial charge in [0, 0.05) is 0 Å². The first-order chi connectivity index (χ1) is 6.57. The van der Waals surface area contributed by atoms with E-state index in [0.29, 0.717) is 11.8 Å². The molecule has 0 atom stereocenters. The Labute approximate surface area is 97.7 Å². The van der Waals surface area contributed by atoms with Crippen LogP contribution in [-0.2, 0) is 19.6 Å². The van der Waals surface area contributed by atoms with Crippen molar-refractivity contribution in [3.05, 3.63) is 29.3 Å². The van der Waals surface area contributed by atoms with E-state index in [1.54, 1.807) is 0 Å². The van der Waals surface area contributed by atoms with Gasteiger partial charge in [0.15, 0.2) is 0 Å². The van der Waals surface area contributed by atoms with E-state index in [4.69, 9.17) is 0 Å². The van der Waals surface area contributed by atoms with Crippen molar-refractivity contribution < 1.29 is 19.6 Å². The molecule has 1 aromatic rings. The SMILES string of the molecule is CC(C)c1cccc(C(C)C)c1[N]=[W]. The summed E-state index contributed by atoms with van der Waals surface area (Å²) in [4.78, 5) is 0. The van der Waals surface area contributed by atoms with E-state index in [1.165, 1.54) is 36.4 Å². The summed E-state index contributed by atoms with van der Waals surface area (Å²) in [6, 6.07) is 6.53. The average molecular weight is 359 g/mol. The molecule has 0 unspecified atom stereocenters. The third-order valence-electron chi connectivity index (χ3n) is 2.43. The zero-order valence-corrected chi connectivity index (χ0v) is 12.2. The first-order valence-corrected chi connectivity index (χ1v) is 6.35. The van der Waals surface area contributed by atoms with Crippen LogP contribution in [0.4, 0.5) is 5.69 Å². The number of benzene rings is 1. The zero-order valence-electron chi connectivity index (χ0n) is 9.24. The summed E-state index contributed by atoms with van der Waals surface area (Å²) in [5, 5.41) is 0. The van der Waals surface area contributed by atoms with Crippen molar-refractivity contribution >= 4 is 5.69 Å². The van der Waals surface area contributed by atoms with Crippen molar-refractivity contribution in [2.75, 3.05) is 0 Å². The molecule has 0 amide bonds. The van der Waals surface area contributed by atoms with Gasteiger partial charge in [-0.1, -0.05) is 0 Å². The zero-order chi connectivity index (χ0) is 10.7. The van der Waals surface area contributed by atoms with Gasteiger partial charge in [-0.05, 0) is 0 Å². The molecule has 0 aliphatic rings. The minimum absolute atomic E-state index is 0.562. The third-order valence-corrected chi connectivity index (χ3v) is 3.09. The van der Waals surface area contributed by atoms with Gasteiger partial charge in [-0.2, -0.15) is 0 Å². The molecule has 0 aromatic heterocycles. The summed E-state index contributed by atoms with van der Waals surface area (Å²) < 4.78 is 4.50. The van der Waals surface area contributed by atoms with Gasteiger partial charge >= 0.3 is 97.7 Å². The van der Waals surface area contributed by atoms with Crippen LogP contribution in [0.5, 0.6) is 0 Å². The number of rotatable bonds is 3. The van der Waals surface area contributed by atoms with E-state index in [9.17, 15) is 0 Å². The second-order valence-corrected chi connectivity index (χ2v) is 4.84. The Morgan fingerprint density at radius 1 is 1.00 bits per heavy atom. The molecule has 1 rings (SSSR count). The fraction of sp³-hybridized carbons (Fsp3) is 0.500. The van der Waals surface area contributed by atoms with Gasteiger partial charge in [0.1, 0.15) is 0 Å². The van der Waals surface area contributed by atoms with Gasteiger partial charge in [-0.25, -0.2) is 0 Å². The Morgan fingerprint density at radius 2 is 1.43 bits per heavy atom. The Bertz CT molecular complexity index is 303. The molecule has 0 saturated heterocycles. The van der Waals surface area contributed by atoms with E-state index in [1.807, 2.05) is 0 Å². The van der Waals surface area contributed by atoms with Gasteiger partial charge in [-0.3, -0.25) is 0 Å². The summed E-state index contributed by atoms with van der Waals surface area (Å²) >= 11 is 1.29. The molecule has 0 N–H and O–H groups in total. The molecule has 2 heteroatoms. The van der Waals surface area contributed by atoms with Crippen LogP contribution < -0.4 is 0 Å². The van der Waals surface area contributed by atoms with Gasteiger partial charge in [0.05, 0.1) is 0 Å². The molecule has 0 saturated carbocycles. The first-order valence-electron chi connectivity index (χ1n) is 5.04. The van der Waals surface area contributed by atoms with Crippen molar-refractivity contribution in [1.82, 2.24) is 0 Å². The maximum atomic E-state index is 4.50. The molecule has 14 heavy (non-hydrogen) atoms. The van der Waals surface area contributed by atoms with Crippen LogP contribution in [0.2, 0.25) is 0 Å². The fourth-order valence-electron chi connectivity index (χ4n) is 1.62. The summed E-state index contributed by atoms with van der Waals surface area (Å²) in [5.74, 6) is 1.12. The minimum atomic E-state index is 0.562. The summed E-state index contributed by atoms with van der Waals surface area (Å²) in [6.45, 7) is 8.90. The van der Waals surface area contributed by atoms with Crippen LogP contribution >= 0.6 is 0 Å². The molecule has 0 spiro atoms. The summed E-state index contributed by atoms with van der Waals surface area (Å²) in [7, 11) is 0. The van der Waals surface area contributed by atoms with Crippen LogP contribution in [0.15, 0.2) is 21.7 Å². The number of nitrogens with zero attached hydrogens (tertiary/aromatic N) is 1. The number of hydrogen-bond donors (Lipinski definition) is 0. The van der Waals surface area contributed by atoms with Crippen molar-refractivity contribution in [2.45, 2.75) is 39.5 Å². The van der Waals surface area contributed by atoms with Crippen molar-refractivity contribution in [3.63, 3.8) is 0 Å². The molecular formula is C12H17NW. The van der Waals surface area contributed by atoms with E-state index in [2.05, 4.69) is 49.4 Å². The molecule has 0 aliphatic carbocycles. The Hall–Kier alpha value is -0.292. The molecule has 0 heterocycles. The molecule has 0 fully saturated rings. The van der Waals surface area contributed by atoms with E-state index >= 15 is 0 Å².